The molecule has 0 aliphatic rings. The molecule has 2 aromatic rings. The van der Waals surface area contributed by atoms with Crippen molar-refractivity contribution in [2.45, 2.75) is 44.7 Å². The molecule has 0 heterocycles. The molecule has 0 saturated heterocycles. The number of aliphatic hydroxyl groups excluding tert-OH is 1. The summed E-state index contributed by atoms with van der Waals surface area (Å²) in [6.45, 7) is 7.72. The van der Waals surface area contributed by atoms with Crippen molar-refractivity contribution >= 4 is 21.8 Å². The van der Waals surface area contributed by atoms with Crippen molar-refractivity contribution in [2.75, 3.05) is 19.6 Å². The Morgan fingerprint density at radius 1 is 1.00 bits per heavy atom. The summed E-state index contributed by atoms with van der Waals surface area (Å²) in [6.07, 6.45) is -0.874. The molecule has 9 heteroatoms. The van der Waals surface area contributed by atoms with Crippen LogP contribution >= 0.6 is 0 Å². The van der Waals surface area contributed by atoms with Gasteiger partial charge in [0, 0.05) is 25.2 Å². The van der Waals surface area contributed by atoms with Gasteiger partial charge in [0.2, 0.25) is 15.9 Å². The van der Waals surface area contributed by atoms with Crippen molar-refractivity contribution in [1.82, 2.24) is 14.9 Å². The Bertz CT molecular complexity index is 1040. The van der Waals surface area contributed by atoms with Gasteiger partial charge in [-0.3, -0.25) is 9.59 Å². The first kappa shape index (κ1) is 26.5. The summed E-state index contributed by atoms with van der Waals surface area (Å²) < 4.78 is 26.9. The minimum absolute atomic E-state index is 0.000460. The molecular formula is C24H33N3O5S. The molecule has 2 rings (SSSR count). The van der Waals surface area contributed by atoms with E-state index in [9.17, 15) is 23.1 Å². The molecule has 33 heavy (non-hydrogen) atoms. The molecule has 0 fully saturated rings. The number of nitrogens with one attached hydrogen (secondary N) is 2. The molecule has 0 aliphatic heterocycles. The van der Waals surface area contributed by atoms with Crippen LogP contribution in [0.15, 0.2) is 59.5 Å². The number of hydrogen-bond donors (Lipinski definition) is 3. The Balaban J connectivity index is 2.11. The monoisotopic (exact) mass is 475 g/mol. The number of sulfonamides is 1. The van der Waals surface area contributed by atoms with Crippen molar-refractivity contribution in [2.24, 2.45) is 5.92 Å². The fourth-order valence-corrected chi connectivity index (χ4v) is 4.87. The van der Waals surface area contributed by atoms with Gasteiger partial charge in [-0.2, -0.15) is 4.31 Å². The Morgan fingerprint density at radius 2 is 1.64 bits per heavy atom. The summed E-state index contributed by atoms with van der Waals surface area (Å²) in [5, 5.41) is 15.6. The molecule has 0 radical (unpaired) electrons. The maximum Gasteiger partial charge on any atom is 0.251 e. The van der Waals surface area contributed by atoms with Crippen LogP contribution in [0.1, 0.15) is 49.7 Å². The second kappa shape index (κ2) is 11.9. The van der Waals surface area contributed by atoms with E-state index in [-0.39, 0.29) is 22.9 Å². The zero-order chi connectivity index (χ0) is 24.6. The second-order valence-corrected chi connectivity index (χ2v) is 9.92. The molecule has 3 N–H and O–H groups in total. The third kappa shape index (κ3) is 6.86. The lowest BCUT2D eigenvalue weighted by atomic mass is 10.0. The van der Waals surface area contributed by atoms with E-state index >= 15 is 0 Å². The number of amides is 2. The highest BCUT2D eigenvalue weighted by atomic mass is 32.2. The van der Waals surface area contributed by atoms with Gasteiger partial charge in [0.15, 0.2) is 0 Å². The van der Waals surface area contributed by atoms with Gasteiger partial charge < -0.3 is 15.7 Å². The predicted molar refractivity (Wildman–Crippen MR) is 127 cm³/mol. The molecule has 0 saturated carbocycles. The van der Waals surface area contributed by atoms with Crippen molar-refractivity contribution in [3.05, 3.63) is 65.7 Å². The van der Waals surface area contributed by atoms with Crippen LogP contribution in [0.5, 0.6) is 0 Å². The minimum Gasteiger partial charge on any atom is -0.387 e. The Hall–Kier alpha value is -2.75. The van der Waals surface area contributed by atoms with Crippen molar-refractivity contribution in [3.63, 3.8) is 0 Å². The maximum atomic E-state index is 12.9. The summed E-state index contributed by atoms with van der Waals surface area (Å²) in [5.41, 5.74) is 0.820. The molecule has 8 nitrogen and oxygen atoms in total. The summed E-state index contributed by atoms with van der Waals surface area (Å²) in [6, 6.07) is 13.9. The number of nitrogens with zero attached hydrogens (tertiary/aromatic N) is 1. The average Bonchev–Trinajstić information content (AvgIpc) is 2.81. The molecule has 2 aromatic carbocycles. The van der Waals surface area contributed by atoms with Gasteiger partial charge in [0.25, 0.3) is 5.91 Å². The zero-order valence-electron chi connectivity index (χ0n) is 19.5. The van der Waals surface area contributed by atoms with Crippen LogP contribution in [0.3, 0.4) is 0 Å². The first-order chi connectivity index (χ1) is 15.6. The van der Waals surface area contributed by atoms with E-state index in [1.54, 1.807) is 52.0 Å². The fourth-order valence-electron chi connectivity index (χ4n) is 3.37. The van der Waals surface area contributed by atoms with Crippen LogP contribution in [-0.4, -0.2) is 55.3 Å². The lowest BCUT2D eigenvalue weighted by molar-refractivity contribution is -0.124. The number of aliphatic hydroxyl groups is 1. The van der Waals surface area contributed by atoms with Gasteiger partial charge in [-0.05, 0) is 29.7 Å². The third-order valence-corrected chi connectivity index (χ3v) is 7.38. The lowest BCUT2D eigenvalue weighted by Gasteiger charge is -2.23. The van der Waals surface area contributed by atoms with Gasteiger partial charge in [0.1, 0.15) is 6.04 Å². The highest BCUT2D eigenvalue weighted by Crippen LogP contribution is 2.17. The summed E-state index contributed by atoms with van der Waals surface area (Å²) in [7, 11) is -3.72. The molecule has 1 unspecified atom stereocenters. The highest BCUT2D eigenvalue weighted by Gasteiger charge is 2.27. The van der Waals surface area contributed by atoms with E-state index in [0.717, 1.165) is 0 Å². The van der Waals surface area contributed by atoms with Crippen LogP contribution in [0.4, 0.5) is 0 Å². The van der Waals surface area contributed by atoms with Crippen LogP contribution < -0.4 is 10.6 Å². The molecule has 0 spiro atoms. The van der Waals surface area contributed by atoms with Crippen LogP contribution in [0.2, 0.25) is 0 Å². The highest BCUT2D eigenvalue weighted by molar-refractivity contribution is 7.89. The standard InChI is InChI=1S/C24H33N3O5S/c1-5-27(6-2)33(31,32)20-14-10-13-19(15-20)23(29)26-22(17(3)4)24(30)25-16-21(28)18-11-8-7-9-12-18/h7-15,17,21-22,28H,5-6,16H2,1-4H3,(H,25,30)(H,26,29)/t21?,22-/m0/s1. The third-order valence-electron chi connectivity index (χ3n) is 5.33. The maximum absolute atomic E-state index is 12.9. The molecule has 0 bridgehead atoms. The van der Waals surface area contributed by atoms with Gasteiger partial charge in [-0.1, -0.05) is 64.1 Å². The summed E-state index contributed by atoms with van der Waals surface area (Å²) in [5.74, 6) is -1.21. The first-order valence-electron chi connectivity index (χ1n) is 11.0. The Morgan fingerprint density at radius 3 is 2.21 bits per heavy atom. The SMILES string of the molecule is CCN(CC)S(=O)(=O)c1cccc(C(=O)N[C@H](C(=O)NCC(O)c2ccccc2)C(C)C)c1. The van der Waals surface area contributed by atoms with Crippen molar-refractivity contribution < 1.29 is 23.1 Å². The lowest BCUT2D eigenvalue weighted by Crippen LogP contribution is -2.50. The molecule has 180 valence electrons. The van der Waals surface area contributed by atoms with Crippen LogP contribution in [-0.2, 0) is 14.8 Å². The second-order valence-electron chi connectivity index (χ2n) is 7.98. The quantitative estimate of drug-likeness (QED) is 0.461. The smallest absolute Gasteiger partial charge is 0.251 e. The minimum atomic E-state index is -3.72. The molecule has 2 amide bonds. The molecule has 2 atom stereocenters. The van der Waals surface area contributed by atoms with Crippen molar-refractivity contribution in [3.8, 4) is 0 Å². The molecule has 0 aromatic heterocycles. The number of benzene rings is 2. The van der Waals surface area contributed by atoms with Crippen molar-refractivity contribution in [1.29, 1.82) is 0 Å². The van der Waals surface area contributed by atoms with E-state index in [1.807, 2.05) is 6.07 Å². The largest absolute Gasteiger partial charge is 0.387 e. The van der Waals surface area contributed by atoms with E-state index in [1.165, 1.54) is 28.6 Å². The van der Waals surface area contributed by atoms with Crippen LogP contribution in [0.25, 0.3) is 0 Å². The van der Waals surface area contributed by atoms with E-state index < -0.39 is 34.0 Å². The number of hydrogen-bond acceptors (Lipinski definition) is 5. The van der Waals surface area contributed by atoms with E-state index in [4.69, 9.17) is 0 Å². The summed E-state index contributed by atoms with van der Waals surface area (Å²) >= 11 is 0. The normalized spacial score (nSPS) is 13.5. The first-order valence-corrected chi connectivity index (χ1v) is 12.5. The number of carbonyl (C=O) groups is 2. The summed E-state index contributed by atoms with van der Waals surface area (Å²) in [4.78, 5) is 25.6. The Labute approximate surface area is 196 Å². The van der Waals surface area contributed by atoms with Gasteiger partial charge >= 0.3 is 0 Å². The number of carbonyl (C=O) groups excluding carboxylic acids is 2. The molecule has 0 aliphatic carbocycles. The zero-order valence-corrected chi connectivity index (χ0v) is 20.3. The van der Waals surface area contributed by atoms with Gasteiger partial charge in [0.05, 0.1) is 11.0 Å². The van der Waals surface area contributed by atoms with Gasteiger partial charge in [-0.25, -0.2) is 8.42 Å². The van der Waals surface area contributed by atoms with Crippen LogP contribution in [0, 0.1) is 5.92 Å². The molecular weight excluding hydrogens is 442 g/mol. The topological polar surface area (TPSA) is 116 Å². The average molecular weight is 476 g/mol. The fraction of sp³-hybridized carbons (Fsp3) is 0.417. The Kier molecular flexibility index (Phi) is 9.57. The van der Waals surface area contributed by atoms with Gasteiger partial charge in [-0.15, -0.1) is 0 Å². The predicted octanol–water partition coefficient (Wildman–Crippen LogP) is 2.32. The number of rotatable bonds is 11. The van der Waals surface area contributed by atoms with E-state index in [2.05, 4.69) is 10.6 Å². The van der Waals surface area contributed by atoms with E-state index in [0.29, 0.717) is 18.7 Å².